The predicted molar refractivity (Wildman–Crippen MR) is 102 cm³/mol. The number of urea groups is 1. The molecule has 166 valence electrons. The average molecular weight is 478 g/mol. The minimum Gasteiger partial charge on any atom is -0.452 e. The van der Waals surface area contributed by atoms with Crippen LogP contribution in [0, 0.1) is 17.0 Å². The second-order valence-corrected chi connectivity index (χ2v) is 7.86. The number of amides is 3. The third-order valence-electron chi connectivity index (χ3n) is 3.23. The fourth-order valence-corrected chi connectivity index (χ4v) is 3.84. The highest BCUT2D eigenvalue weighted by molar-refractivity contribution is 8.01. The molecule has 31 heavy (non-hydrogen) atoms. The second kappa shape index (κ2) is 10.2. The lowest BCUT2D eigenvalue weighted by Crippen LogP contribution is -2.44. The molecule has 1 aromatic heterocycles. The van der Waals surface area contributed by atoms with E-state index in [9.17, 15) is 37.7 Å². The Hall–Kier alpha value is -3.20. The molecule has 0 saturated heterocycles. The van der Waals surface area contributed by atoms with Gasteiger partial charge in [-0.3, -0.25) is 20.2 Å². The smallest absolute Gasteiger partial charge is 0.405 e. The topological polar surface area (TPSA) is 141 Å². The lowest BCUT2D eigenvalue weighted by atomic mass is 10.2. The van der Waals surface area contributed by atoms with Gasteiger partial charge >= 0.3 is 18.2 Å². The number of ether oxygens (including phenoxy) is 1. The first-order chi connectivity index (χ1) is 14.4. The molecule has 2 aromatic rings. The highest BCUT2D eigenvalue weighted by Crippen LogP contribution is 2.34. The number of nitro benzene ring substituents is 1. The van der Waals surface area contributed by atoms with E-state index in [1.807, 2.05) is 0 Å². The summed E-state index contributed by atoms with van der Waals surface area (Å²) in [6, 6.07) is 2.03. The number of imide groups is 1. The number of thiazole rings is 1. The molecule has 1 heterocycles. The lowest BCUT2D eigenvalue weighted by Gasteiger charge is -2.10. The summed E-state index contributed by atoms with van der Waals surface area (Å²) in [6.45, 7) is -0.896. The van der Waals surface area contributed by atoms with E-state index in [1.54, 1.807) is 17.6 Å². The van der Waals surface area contributed by atoms with Crippen LogP contribution >= 0.6 is 23.1 Å². The number of aryl methyl sites for hydroxylation is 1. The predicted octanol–water partition coefficient (Wildman–Crippen LogP) is 3.06. The number of benzene rings is 1. The second-order valence-electron chi connectivity index (χ2n) is 5.72. The minimum atomic E-state index is -4.67. The van der Waals surface area contributed by atoms with Crippen LogP contribution in [0.25, 0.3) is 0 Å². The van der Waals surface area contributed by atoms with Gasteiger partial charge in [0.1, 0.15) is 6.54 Å². The minimum absolute atomic E-state index is 0.221. The molecule has 0 aliphatic rings. The largest absolute Gasteiger partial charge is 0.452 e. The van der Waals surface area contributed by atoms with Gasteiger partial charge in [0.2, 0.25) is 0 Å². The maximum atomic E-state index is 12.4. The number of nitrogens with one attached hydrogen (secondary N) is 2. The number of esters is 1. The van der Waals surface area contributed by atoms with Crippen LogP contribution in [0.1, 0.15) is 16.1 Å². The highest BCUT2D eigenvalue weighted by atomic mass is 32.2. The standard InChI is InChI=1S/C16H13F3N4O6S2/c1-8-6-30-15(21-8)31-11-3-2-9(23(27)28)4-10(11)13(25)29-5-12(24)22-14(26)20-7-16(17,18)19/h2-4,6H,5,7H2,1H3,(H2,20,22,24,26). The van der Waals surface area contributed by atoms with Crippen LogP contribution in [-0.2, 0) is 9.53 Å². The van der Waals surface area contributed by atoms with Crippen LogP contribution in [0.5, 0.6) is 0 Å². The number of carbonyl (C=O) groups excluding carboxylic acids is 3. The normalized spacial score (nSPS) is 11.0. The van der Waals surface area contributed by atoms with Crippen molar-refractivity contribution in [2.24, 2.45) is 0 Å². The number of rotatable bonds is 7. The Bertz CT molecular complexity index is 1010. The Labute approximate surface area is 180 Å². The van der Waals surface area contributed by atoms with E-state index in [0.717, 1.165) is 23.5 Å². The summed E-state index contributed by atoms with van der Waals surface area (Å²) >= 11 is 2.33. The highest BCUT2D eigenvalue weighted by Gasteiger charge is 2.28. The van der Waals surface area contributed by atoms with Gasteiger partial charge < -0.3 is 10.1 Å². The molecule has 15 heteroatoms. The van der Waals surface area contributed by atoms with Crippen LogP contribution < -0.4 is 10.6 Å². The number of hydrogen-bond donors (Lipinski definition) is 2. The first-order valence-corrected chi connectivity index (χ1v) is 9.84. The number of alkyl halides is 3. The summed E-state index contributed by atoms with van der Waals surface area (Å²) < 4.78 is 41.4. The Morgan fingerprint density at radius 2 is 2.03 bits per heavy atom. The third-order valence-corrected chi connectivity index (χ3v) is 5.36. The van der Waals surface area contributed by atoms with Gasteiger partial charge in [0.15, 0.2) is 10.9 Å². The van der Waals surface area contributed by atoms with Gasteiger partial charge in [-0.2, -0.15) is 13.2 Å². The fraction of sp³-hybridized carbons (Fsp3) is 0.250. The van der Waals surface area contributed by atoms with Crippen molar-refractivity contribution < 1.29 is 37.2 Å². The molecular formula is C16H13F3N4O6S2. The van der Waals surface area contributed by atoms with Crippen LogP contribution in [0.3, 0.4) is 0 Å². The van der Waals surface area contributed by atoms with Crippen molar-refractivity contribution in [3.8, 4) is 0 Å². The monoisotopic (exact) mass is 478 g/mol. The van der Waals surface area contributed by atoms with Gasteiger partial charge in [0, 0.05) is 28.1 Å². The van der Waals surface area contributed by atoms with Gasteiger partial charge in [-0.05, 0) is 13.0 Å². The SMILES string of the molecule is Cc1csc(Sc2ccc([N+](=O)[O-])cc2C(=O)OCC(=O)NC(=O)NCC(F)(F)F)n1. The summed E-state index contributed by atoms with van der Waals surface area (Å²) in [5, 5.41) is 15.7. The summed E-state index contributed by atoms with van der Waals surface area (Å²) in [7, 11) is 0. The summed E-state index contributed by atoms with van der Waals surface area (Å²) in [5.41, 5.74) is 0.114. The molecule has 0 aliphatic carbocycles. The van der Waals surface area contributed by atoms with E-state index in [1.165, 1.54) is 28.8 Å². The quantitative estimate of drug-likeness (QED) is 0.352. The average Bonchev–Trinajstić information content (AvgIpc) is 3.08. The zero-order chi connectivity index (χ0) is 23.2. The Morgan fingerprint density at radius 1 is 1.32 bits per heavy atom. The number of hydrogen-bond acceptors (Lipinski definition) is 9. The van der Waals surface area contributed by atoms with Crippen molar-refractivity contribution in [3.63, 3.8) is 0 Å². The zero-order valence-corrected chi connectivity index (χ0v) is 17.2. The first-order valence-electron chi connectivity index (χ1n) is 8.14. The van der Waals surface area contributed by atoms with E-state index in [-0.39, 0.29) is 10.5 Å². The summed E-state index contributed by atoms with van der Waals surface area (Å²) in [6.07, 6.45) is -4.67. The van der Waals surface area contributed by atoms with Gasteiger partial charge in [-0.15, -0.1) is 11.3 Å². The third kappa shape index (κ3) is 7.86. The van der Waals surface area contributed by atoms with Crippen molar-refractivity contribution in [1.29, 1.82) is 0 Å². The molecule has 0 aliphatic heterocycles. The van der Waals surface area contributed by atoms with Crippen molar-refractivity contribution >= 4 is 46.7 Å². The molecule has 0 radical (unpaired) electrons. The summed E-state index contributed by atoms with van der Waals surface area (Å²) in [5.74, 6) is -2.30. The number of non-ortho nitro benzene ring substituents is 1. The molecule has 0 fully saturated rings. The molecule has 0 spiro atoms. The van der Waals surface area contributed by atoms with E-state index in [2.05, 4.69) is 4.98 Å². The molecule has 2 rings (SSSR count). The number of halogens is 3. The molecule has 1 aromatic carbocycles. The first kappa shape index (κ1) is 24.1. The zero-order valence-electron chi connectivity index (χ0n) is 15.5. The number of aromatic nitrogens is 1. The van der Waals surface area contributed by atoms with Gasteiger partial charge in [0.25, 0.3) is 11.6 Å². The number of carbonyl (C=O) groups is 3. The molecule has 0 saturated carbocycles. The molecular weight excluding hydrogens is 465 g/mol. The van der Waals surface area contributed by atoms with E-state index >= 15 is 0 Å². The molecule has 2 N–H and O–H groups in total. The van der Waals surface area contributed by atoms with Crippen molar-refractivity contribution in [2.75, 3.05) is 13.2 Å². The Balaban J connectivity index is 2.05. The molecule has 0 bridgehead atoms. The molecule has 3 amide bonds. The molecule has 0 atom stereocenters. The van der Waals surface area contributed by atoms with Gasteiger partial charge in [0.05, 0.1) is 10.5 Å². The molecule has 0 unspecified atom stereocenters. The maximum absolute atomic E-state index is 12.4. The Kier molecular flexibility index (Phi) is 7.93. The van der Waals surface area contributed by atoms with E-state index in [0.29, 0.717) is 4.34 Å². The van der Waals surface area contributed by atoms with Crippen LogP contribution in [-0.4, -0.2) is 47.1 Å². The van der Waals surface area contributed by atoms with E-state index in [4.69, 9.17) is 4.74 Å². The van der Waals surface area contributed by atoms with Crippen molar-refractivity contribution in [3.05, 3.63) is 45.0 Å². The van der Waals surface area contributed by atoms with Gasteiger partial charge in [-0.25, -0.2) is 14.6 Å². The fourth-order valence-electron chi connectivity index (χ4n) is 1.95. The number of nitro groups is 1. The molecule has 10 nitrogen and oxygen atoms in total. The van der Waals surface area contributed by atoms with Crippen LogP contribution in [0.2, 0.25) is 0 Å². The van der Waals surface area contributed by atoms with E-state index < -0.39 is 47.8 Å². The van der Waals surface area contributed by atoms with Gasteiger partial charge in [-0.1, -0.05) is 11.8 Å². The number of nitrogens with zero attached hydrogens (tertiary/aromatic N) is 2. The lowest BCUT2D eigenvalue weighted by molar-refractivity contribution is -0.384. The van der Waals surface area contributed by atoms with Crippen LogP contribution in [0.15, 0.2) is 32.8 Å². The van der Waals surface area contributed by atoms with Crippen molar-refractivity contribution in [1.82, 2.24) is 15.6 Å². The maximum Gasteiger partial charge on any atom is 0.405 e. The van der Waals surface area contributed by atoms with Crippen LogP contribution in [0.4, 0.5) is 23.7 Å². The Morgan fingerprint density at radius 3 is 2.61 bits per heavy atom. The van der Waals surface area contributed by atoms with Crippen molar-refractivity contribution in [2.45, 2.75) is 22.3 Å². The summed E-state index contributed by atoms with van der Waals surface area (Å²) in [4.78, 5) is 50.0.